The lowest BCUT2D eigenvalue weighted by Gasteiger charge is -2.44. The molecule has 0 aliphatic carbocycles. The van der Waals surface area contributed by atoms with Gasteiger partial charge in [0, 0.05) is 48.8 Å². The molecule has 4 rings (SSSR count). The van der Waals surface area contributed by atoms with E-state index in [0.717, 1.165) is 11.5 Å². The summed E-state index contributed by atoms with van der Waals surface area (Å²) in [4.78, 5) is 39.7. The number of hydrogen-bond donors (Lipinski definition) is 1. The number of methoxy groups -OCH3 is 1. The summed E-state index contributed by atoms with van der Waals surface area (Å²) in [7, 11) is 1.59. The molecule has 2 aliphatic rings. The van der Waals surface area contributed by atoms with Crippen molar-refractivity contribution >= 4 is 35.1 Å². The number of non-ortho nitro benzene ring substituents is 1. The fourth-order valence-electron chi connectivity index (χ4n) is 4.15. The van der Waals surface area contributed by atoms with Crippen molar-refractivity contribution in [2.24, 2.45) is 0 Å². The highest BCUT2D eigenvalue weighted by atomic mass is 32.2. The van der Waals surface area contributed by atoms with Crippen LogP contribution < -0.4 is 10.1 Å². The minimum absolute atomic E-state index is 0.0956. The summed E-state index contributed by atoms with van der Waals surface area (Å²) in [5.74, 6) is 1.32. The second-order valence-electron chi connectivity index (χ2n) is 7.70. The number of piperidine rings is 1. The van der Waals surface area contributed by atoms with Gasteiger partial charge >= 0.3 is 6.03 Å². The number of anilines is 1. The molecular formula is C22H24N4O5S. The average Bonchev–Trinajstić information content (AvgIpc) is 3.22. The number of ether oxygens (including phenoxy) is 1. The number of carbonyl (C=O) groups is 2. The van der Waals surface area contributed by atoms with Gasteiger partial charge in [-0.2, -0.15) is 0 Å². The van der Waals surface area contributed by atoms with Gasteiger partial charge in [0.05, 0.1) is 16.9 Å². The maximum absolute atomic E-state index is 13.2. The molecule has 2 aliphatic heterocycles. The van der Waals surface area contributed by atoms with Gasteiger partial charge in [-0.15, -0.1) is 11.8 Å². The van der Waals surface area contributed by atoms with Crippen LogP contribution in [0.1, 0.15) is 23.2 Å². The van der Waals surface area contributed by atoms with Crippen LogP contribution in [-0.2, 0) is 0 Å². The number of carbonyl (C=O) groups excluding carboxylic acids is 2. The van der Waals surface area contributed by atoms with Crippen molar-refractivity contribution < 1.29 is 19.2 Å². The van der Waals surface area contributed by atoms with Crippen molar-refractivity contribution in [2.45, 2.75) is 17.7 Å². The number of urea groups is 1. The predicted octanol–water partition coefficient (Wildman–Crippen LogP) is 3.82. The Labute approximate surface area is 189 Å². The molecule has 2 aromatic rings. The first-order chi connectivity index (χ1) is 15.4. The van der Waals surface area contributed by atoms with Crippen LogP contribution in [-0.4, -0.2) is 64.0 Å². The summed E-state index contributed by atoms with van der Waals surface area (Å²) in [5, 5.41) is 14.0. The molecule has 168 valence electrons. The molecule has 2 heterocycles. The molecule has 2 saturated heterocycles. The Bertz CT molecular complexity index is 1020. The van der Waals surface area contributed by atoms with E-state index >= 15 is 0 Å². The molecule has 1 N–H and O–H groups in total. The van der Waals surface area contributed by atoms with Crippen molar-refractivity contribution in [2.75, 3.05) is 37.8 Å². The zero-order valence-electron chi connectivity index (χ0n) is 17.7. The Morgan fingerprint density at radius 2 is 1.84 bits per heavy atom. The first kappa shape index (κ1) is 21.9. The predicted molar refractivity (Wildman–Crippen MR) is 122 cm³/mol. The SMILES string of the molecule is COc1ccc(NC(=O)N2CCC3(CC2)SCCN3C(=O)c2cccc([N+](=O)[O-])c2)cc1. The standard InChI is InChI=1S/C22H24N4O5S/c1-31-19-7-5-17(6-8-19)23-21(28)24-11-9-22(10-12-24)25(13-14-32-22)20(27)16-3-2-4-18(15-16)26(29)30/h2-8,15H,9-14H2,1H3,(H,23,28). The summed E-state index contributed by atoms with van der Waals surface area (Å²) in [6, 6.07) is 12.8. The zero-order chi connectivity index (χ0) is 22.7. The number of likely N-dealkylation sites (tertiary alicyclic amines) is 1. The van der Waals surface area contributed by atoms with Gasteiger partial charge in [-0.1, -0.05) is 6.07 Å². The Morgan fingerprint density at radius 3 is 2.50 bits per heavy atom. The average molecular weight is 457 g/mol. The number of nitrogens with one attached hydrogen (secondary N) is 1. The number of nitro groups is 1. The highest BCUT2D eigenvalue weighted by Gasteiger charge is 2.47. The Kier molecular flexibility index (Phi) is 6.22. The molecule has 0 aromatic heterocycles. The lowest BCUT2D eigenvalue weighted by atomic mass is 10.0. The number of benzene rings is 2. The van der Waals surface area contributed by atoms with Crippen LogP contribution in [0.2, 0.25) is 0 Å². The van der Waals surface area contributed by atoms with E-state index in [9.17, 15) is 19.7 Å². The lowest BCUT2D eigenvalue weighted by molar-refractivity contribution is -0.384. The quantitative estimate of drug-likeness (QED) is 0.554. The maximum Gasteiger partial charge on any atom is 0.321 e. The van der Waals surface area contributed by atoms with Crippen molar-refractivity contribution in [3.05, 3.63) is 64.2 Å². The molecule has 0 atom stereocenters. The Morgan fingerprint density at radius 1 is 1.12 bits per heavy atom. The van der Waals surface area contributed by atoms with E-state index in [-0.39, 0.29) is 17.6 Å². The number of thioether (sulfide) groups is 1. The van der Waals surface area contributed by atoms with Gasteiger partial charge in [-0.3, -0.25) is 14.9 Å². The van der Waals surface area contributed by atoms with Gasteiger partial charge in [0.1, 0.15) is 5.75 Å². The third kappa shape index (κ3) is 4.36. The van der Waals surface area contributed by atoms with E-state index in [2.05, 4.69) is 5.32 Å². The normalized spacial score (nSPS) is 17.3. The Hall–Kier alpha value is -3.27. The van der Waals surface area contributed by atoms with Crippen molar-refractivity contribution in [1.29, 1.82) is 0 Å². The van der Waals surface area contributed by atoms with Gasteiger partial charge in [0.15, 0.2) is 0 Å². The fraction of sp³-hybridized carbons (Fsp3) is 0.364. The van der Waals surface area contributed by atoms with Crippen molar-refractivity contribution in [3.63, 3.8) is 0 Å². The molecule has 0 radical (unpaired) electrons. The number of rotatable bonds is 4. The van der Waals surface area contributed by atoms with Crippen LogP contribution in [0.5, 0.6) is 5.75 Å². The van der Waals surface area contributed by atoms with Gasteiger partial charge in [-0.25, -0.2) is 4.79 Å². The van der Waals surface area contributed by atoms with Gasteiger partial charge in [0.2, 0.25) is 0 Å². The van der Waals surface area contributed by atoms with E-state index < -0.39 is 9.79 Å². The lowest BCUT2D eigenvalue weighted by Crippen LogP contribution is -2.54. The largest absolute Gasteiger partial charge is 0.497 e. The van der Waals surface area contributed by atoms with Crippen LogP contribution in [0.25, 0.3) is 0 Å². The topological polar surface area (TPSA) is 105 Å². The number of nitrogens with zero attached hydrogens (tertiary/aromatic N) is 3. The molecule has 32 heavy (non-hydrogen) atoms. The molecule has 0 saturated carbocycles. The number of hydrogen-bond acceptors (Lipinski definition) is 6. The summed E-state index contributed by atoms with van der Waals surface area (Å²) in [6.07, 6.45) is 1.29. The molecule has 3 amide bonds. The molecular weight excluding hydrogens is 432 g/mol. The van der Waals surface area contributed by atoms with E-state index in [1.54, 1.807) is 54.1 Å². The third-order valence-corrected chi connectivity index (χ3v) is 7.45. The smallest absolute Gasteiger partial charge is 0.321 e. The first-order valence-corrected chi connectivity index (χ1v) is 11.3. The molecule has 10 heteroatoms. The molecule has 9 nitrogen and oxygen atoms in total. The summed E-state index contributed by atoms with van der Waals surface area (Å²) in [5.41, 5.74) is 0.913. The van der Waals surface area contributed by atoms with Gasteiger partial charge < -0.3 is 19.9 Å². The summed E-state index contributed by atoms with van der Waals surface area (Å²) in [6.45, 7) is 1.63. The number of nitro benzene ring substituents is 1. The monoisotopic (exact) mass is 456 g/mol. The first-order valence-electron chi connectivity index (χ1n) is 10.3. The minimum Gasteiger partial charge on any atom is -0.497 e. The number of amides is 3. The van der Waals surface area contributed by atoms with E-state index in [0.29, 0.717) is 43.7 Å². The highest BCUT2D eigenvalue weighted by Crippen LogP contribution is 2.44. The Balaban J connectivity index is 1.41. The second kappa shape index (κ2) is 9.07. The fourth-order valence-corrected chi connectivity index (χ4v) is 5.61. The zero-order valence-corrected chi connectivity index (χ0v) is 18.5. The molecule has 2 aromatic carbocycles. The van der Waals surface area contributed by atoms with E-state index in [4.69, 9.17) is 4.74 Å². The minimum atomic E-state index is -0.495. The van der Waals surface area contributed by atoms with Crippen LogP contribution in [0.3, 0.4) is 0 Å². The van der Waals surface area contributed by atoms with E-state index in [1.165, 1.54) is 18.2 Å². The molecule has 1 spiro atoms. The van der Waals surface area contributed by atoms with Crippen molar-refractivity contribution in [1.82, 2.24) is 9.80 Å². The van der Waals surface area contributed by atoms with E-state index in [1.807, 2.05) is 4.90 Å². The van der Waals surface area contributed by atoms with Crippen LogP contribution >= 0.6 is 11.8 Å². The van der Waals surface area contributed by atoms with Crippen LogP contribution in [0, 0.1) is 10.1 Å². The van der Waals surface area contributed by atoms with Gasteiger partial charge in [-0.05, 0) is 43.2 Å². The molecule has 2 fully saturated rings. The summed E-state index contributed by atoms with van der Waals surface area (Å²) < 4.78 is 5.13. The van der Waals surface area contributed by atoms with Gasteiger partial charge in [0.25, 0.3) is 11.6 Å². The second-order valence-corrected chi connectivity index (χ2v) is 9.16. The molecule has 0 unspecified atom stereocenters. The highest BCUT2D eigenvalue weighted by molar-refractivity contribution is 8.00. The van der Waals surface area contributed by atoms with Crippen LogP contribution in [0.15, 0.2) is 48.5 Å². The third-order valence-electron chi connectivity index (χ3n) is 5.90. The molecule has 0 bridgehead atoms. The summed E-state index contributed by atoms with van der Waals surface area (Å²) >= 11 is 1.73. The van der Waals surface area contributed by atoms with Crippen LogP contribution in [0.4, 0.5) is 16.2 Å². The maximum atomic E-state index is 13.2. The van der Waals surface area contributed by atoms with Crippen molar-refractivity contribution in [3.8, 4) is 5.75 Å².